The van der Waals surface area contributed by atoms with Gasteiger partial charge in [0.25, 0.3) is 0 Å². The Morgan fingerprint density at radius 2 is 1.53 bits per heavy atom. The molecule has 100 valence electrons. The fraction of sp³-hybridized carbons (Fsp3) is 0.250. The molecular weight excluding hydrogens is 304 g/mol. The van der Waals surface area contributed by atoms with Crippen LogP contribution in [-0.2, 0) is 17.8 Å². The second-order valence-corrected chi connectivity index (χ2v) is 5.22. The number of benzene rings is 2. The predicted octanol–water partition coefficient (Wildman–Crippen LogP) is 4.22. The van der Waals surface area contributed by atoms with E-state index in [2.05, 4.69) is 40.2 Å². The van der Waals surface area contributed by atoms with Gasteiger partial charge < -0.3 is 9.47 Å². The van der Waals surface area contributed by atoms with Gasteiger partial charge in [0.15, 0.2) is 0 Å². The summed E-state index contributed by atoms with van der Waals surface area (Å²) in [4.78, 5) is 0. The second-order valence-electron chi connectivity index (χ2n) is 4.30. The largest absolute Gasteiger partial charge is 0.489 e. The highest BCUT2D eigenvalue weighted by Gasteiger charge is 1.97. The van der Waals surface area contributed by atoms with Crippen molar-refractivity contribution in [1.82, 2.24) is 0 Å². The quantitative estimate of drug-likeness (QED) is 0.793. The van der Waals surface area contributed by atoms with E-state index in [0.29, 0.717) is 6.61 Å². The van der Waals surface area contributed by atoms with Crippen LogP contribution in [0.3, 0.4) is 0 Å². The number of hydrogen-bond acceptors (Lipinski definition) is 2. The number of halogens is 1. The molecule has 0 N–H and O–H groups in total. The summed E-state index contributed by atoms with van der Waals surface area (Å²) in [5.74, 6) is 0.893. The van der Waals surface area contributed by atoms with Gasteiger partial charge in [-0.3, -0.25) is 0 Å². The summed E-state index contributed by atoms with van der Waals surface area (Å²) in [6.45, 7) is 1.34. The second kappa shape index (κ2) is 7.31. The van der Waals surface area contributed by atoms with Crippen molar-refractivity contribution in [3.05, 3.63) is 64.1 Å². The topological polar surface area (TPSA) is 18.5 Å². The SMILES string of the molecule is COCCc1ccc(OCc2ccc(Br)cc2)cc1. The molecule has 0 aromatic heterocycles. The van der Waals surface area contributed by atoms with Gasteiger partial charge in [-0.05, 0) is 41.8 Å². The monoisotopic (exact) mass is 320 g/mol. The summed E-state index contributed by atoms with van der Waals surface area (Å²) >= 11 is 3.42. The van der Waals surface area contributed by atoms with Crippen LogP contribution in [-0.4, -0.2) is 13.7 Å². The van der Waals surface area contributed by atoms with Gasteiger partial charge in [-0.25, -0.2) is 0 Å². The Kier molecular flexibility index (Phi) is 5.43. The lowest BCUT2D eigenvalue weighted by atomic mass is 10.1. The third-order valence-corrected chi connectivity index (χ3v) is 3.37. The Bertz CT molecular complexity index is 491. The minimum absolute atomic E-state index is 0.588. The molecule has 0 aliphatic heterocycles. The Morgan fingerprint density at radius 1 is 0.895 bits per heavy atom. The molecule has 0 atom stereocenters. The average molecular weight is 321 g/mol. The summed E-state index contributed by atoms with van der Waals surface area (Å²) in [5.41, 5.74) is 2.42. The minimum atomic E-state index is 0.588. The summed E-state index contributed by atoms with van der Waals surface area (Å²) in [6, 6.07) is 16.3. The maximum atomic E-state index is 5.74. The molecule has 2 aromatic rings. The van der Waals surface area contributed by atoms with Gasteiger partial charge in [0, 0.05) is 11.6 Å². The van der Waals surface area contributed by atoms with Gasteiger partial charge in [0.2, 0.25) is 0 Å². The highest BCUT2D eigenvalue weighted by atomic mass is 79.9. The third-order valence-electron chi connectivity index (χ3n) is 2.84. The molecule has 0 saturated carbocycles. The van der Waals surface area contributed by atoms with Gasteiger partial charge in [0.05, 0.1) is 6.61 Å². The molecule has 0 spiro atoms. The van der Waals surface area contributed by atoms with Gasteiger partial charge in [-0.15, -0.1) is 0 Å². The van der Waals surface area contributed by atoms with Crippen LogP contribution in [0.15, 0.2) is 53.0 Å². The van der Waals surface area contributed by atoms with Crippen molar-refractivity contribution < 1.29 is 9.47 Å². The van der Waals surface area contributed by atoms with E-state index in [0.717, 1.165) is 28.8 Å². The predicted molar refractivity (Wildman–Crippen MR) is 80.5 cm³/mol. The Hall–Kier alpha value is -1.32. The summed E-state index contributed by atoms with van der Waals surface area (Å²) < 4.78 is 11.9. The molecule has 2 aromatic carbocycles. The molecule has 0 aliphatic carbocycles. The molecule has 0 unspecified atom stereocenters. The van der Waals surface area contributed by atoms with Crippen LogP contribution in [0.1, 0.15) is 11.1 Å². The molecule has 0 radical (unpaired) electrons. The summed E-state index contributed by atoms with van der Waals surface area (Å²) in [5, 5.41) is 0. The van der Waals surface area contributed by atoms with Crippen molar-refractivity contribution >= 4 is 15.9 Å². The zero-order chi connectivity index (χ0) is 13.5. The van der Waals surface area contributed by atoms with Crippen LogP contribution in [0, 0.1) is 0 Å². The smallest absolute Gasteiger partial charge is 0.119 e. The maximum absolute atomic E-state index is 5.74. The fourth-order valence-electron chi connectivity index (χ4n) is 1.72. The van der Waals surface area contributed by atoms with Crippen LogP contribution in [0.2, 0.25) is 0 Å². The van der Waals surface area contributed by atoms with E-state index < -0.39 is 0 Å². The maximum Gasteiger partial charge on any atom is 0.119 e. The number of hydrogen-bond donors (Lipinski definition) is 0. The number of methoxy groups -OCH3 is 1. The average Bonchev–Trinajstić information content (AvgIpc) is 2.46. The first-order valence-electron chi connectivity index (χ1n) is 6.23. The van der Waals surface area contributed by atoms with E-state index in [-0.39, 0.29) is 0 Å². The Morgan fingerprint density at radius 3 is 2.16 bits per heavy atom. The molecular formula is C16H17BrO2. The fourth-order valence-corrected chi connectivity index (χ4v) is 1.98. The van der Waals surface area contributed by atoms with Crippen molar-refractivity contribution in [1.29, 1.82) is 0 Å². The number of rotatable bonds is 6. The lowest BCUT2D eigenvalue weighted by molar-refractivity contribution is 0.202. The lowest BCUT2D eigenvalue weighted by Gasteiger charge is -2.07. The van der Waals surface area contributed by atoms with Gasteiger partial charge in [-0.2, -0.15) is 0 Å². The van der Waals surface area contributed by atoms with Crippen molar-refractivity contribution in [2.75, 3.05) is 13.7 Å². The molecule has 0 saturated heterocycles. The normalized spacial score (nSPS) is 10.4. The number of ether oxygens (including phenoxy) is 2. The molecule has 0 fully saturated rings. The molecule has 2 rings (SSSR count). The first kappa shape index (κ1) is 14.1. The Labute approximate surface area is 122 Å². The lowest BCUT2D eigenvalue weighted by Crippen LogP contribution is -1.97. The van der Waals surface area contributed by atoms with Crippen LogP contribution in [0.4, 0.5) is 0 Å². The van der Waals surface area contributed by atoms with E-state index >= 15 is 0 Å². The molecule has 3 heteroatoms. The van der Waals surface area contributed by atoms with E-state index in [1.54, 1.807) is 7.11 Å². The van der Waals surface area contributed by atoms with E-state index in [1.807, 2.05) is 24.3 Å². The first-order valence-corrected chi connectivity index (χ1v) is 7.02. The zero-order valence-electron chi connectivity index (χ0n) is 10.9. The van der Waals surface area contributed by atoms with Crippen molar-refractivity contribution in [2.24, 2.45) is 0 Å². The first-order chi connectivity index (χ1) is 9.28. The van der Waals surface area contributed by atoms with Crippen LogP contribution < -0.4 is 4.74 Å². The van der Waals surface area contributed by atoms with Crippen LogP contribution in [0.25, 0.3) is 0 Å². The van der Waals surface area contributed by atoms with Crippen LogP contribution in [0.5, 0.6) is 5.75 Å². The summed E-state index contributed by atoms with van der Waals surface area (Å²) in [6.07, 6.45) is 0.934. The minimum Gasteiger partial charge on any atom is -0.489 e. The highest BCUT2D eigenvalue weighted by Crippen LogP contribution is 2.16. The summed E-state index contributed by atoms with van der Waals surface area (Å²) in [7, 11) is 1.72. The van der Waals surface area contributed by atoms with E-state index in [4.69, 9.17) is 9.47 Å². The van der Waals surface area contributed by atoms with Gasteiger partial charge in [0.1, 0.15) is 12.4 Å². The Balaban J connectivity index is 1.87. The standard InChI is InChI=1S/C16H17BrO2/c1-18-11-10-13-4-8-16(9-5-13)19-12-14-2-6-15(17)7-3-14/h2-9H,10-12H2,1H3. The van der Waals surface area contributed by atoms with E-state index in [1.165, 1.54) is 5.56 Å². The van der Waals surface area contributed by atoms with Crippen molar-refractivity contribution in [3.8, 4) is 5.75 Å². The molecule has 0 aliphatic rings. The molecule has 0 heterocycles. The molecule has 0 amide bonds. The molecule has 0 bridgehead atoms. The third kappa shape index (κ3) is 4.69. The molecule has 2 nitrogen and oxygen atoms in total. The van der Waals surface area contributed by atoms with Crippen LogP contribution >= 0.6 is 15.9 Å². The van der Waals surface area contributed by atoms with Gasteiger partial charge >= 0.3 is 0 Å². The van der Waals surface area contributed by atoms with E-state index in [9.17, 15) is 0 Å². The molecule has 19 heavy (non-hydrogen) atoms. The van der Waals surface area contributed by atoms with Gasteiger partial charge in [-0.1, -0.05) is 40.2 Å². The van der Waals surface area contributed by atoms with Crippen molar-refractivity contribution in [3.63, 3.8) is 0 Å². The van der Waals surface area contributed by atoms with Crippen molar-refractivity contribution in [2.45, 2.75) is 13.0 Å². The highest BCUT2D eigenvalue weighted by molar-refractivity contribution is 9.10. The zero-order valence-corrected chi connectivity index (χ0v) is 12.5.